The van der Waals surface area contributed by atoms with Crippen molar-refractivity contribution in [3.63, 3.8) is 0 Å². The number of hydrogen-bond acceptors (Lipinski definition) is 3. The number of carbonyl (C=O) groups excluding carboxylic acids is 2. The van der Waals surface area contributed by atoms with E-state index in [-0.39, 0.29) is 12.0 Å². The fourth-order valence-corrected chi connectivity index (χ4v) is 2.23. The normalized spacial score (nSPS) is 22.1. The van der Waals surface area contributed by atoms with Crippen LogP contribution in [0.4, 0.5) is 5.69 Å². The van der Waals surface area contributed by atoms with Crippen LogP contribution in [0.5, 0.6) is 0 Å². The van der Waals surface area contributed by atoms with E-state index in [2.05, 4.69) is 12.2 Å². The summed E-state index contributed by atoms with van der Waals surface area (Å²) >= 11 is 0. The van der Waals surface area contributed by atoms with Gasteiger partial charge in [0.05, 0.1) is 0 Å². The zero-order chi connectivity index (χ0) is 13.7. The number of carbonyl (C=O) groups is 2. The maximum absolute atomic E-state index is 12.0. The van der Waals surface area contributed by atoms with Gasteiger partial charge in [-0.25, -0.2) is 0 Å². The van der Waals surface area contributed by atoms with Crippen LogP contribution in [0.15, 0.2) is 30.3 Å². The number of amides is 1. The van der Waals surface area contributed by atoms with Crippen LogP contribution in [0.2, 0.25) is 0 Å². The monoisotopic (exact) mass is 261 g/mol. The van der Waals surface area contributed by atoms with Gasteiger partial charge in [-0.3, -0.25) is 9.59 Å². The summed E-state index contributed by atoms with van der Waals surface area (Å²) in [7, 11) is 0. The van der Waals surface area contributed by atoms with Gasteiger partial charge in [-0.15, -0.1) is 0 Å². The van der Waals surface area contributed by atoms with Crippen molar-refractivity contribution in [1.29, 1.82) is 0 Å². The molecular weight excluding hydrogens is 242 g/mol. The number of nitrogens with one attached hydrogen (secondary N) is 1. The Morgan fingerprint density at radius 1 is 1.37 bits per heavy atom. The van der Waals surface area contributed by atoms with Crippen molar-refractivity contribution >= 4 is 17.6 Å². The summed E-state index contributed by atoms with van der Waals surface area (Å²) in [4.78, 5) is 23.7. The van der Waals surface area contributed by atoms with Crippen LogP contribution in [-0.4, -0.2) is 18.0 Å². The van der Waals surface area contributed by atoms with Crippen LogP contribution in [0.3, 0.4) is 0 Å². The summed E-state index contributed by atoms with van der Waals surface area (Å²) in [6, 6.07) is 9.15. The van der Waals surface area contributed by atoms with Crippen LogP contribution in [0.25, 0.3) is 0 Å². The Hall–Kier alpha value is -1.84. The number of benzene rings is 1. The molecule has 0 bridgehead atoms. The summed E-state index contributed by atoms with van der Waals surface area (Å²) in [6.07, 6.45) is 3.33. The molecule has 0 radical (unpaired) electrons. The Kier molecular flexibility index (Phi) is 4.55. The molecule has 2 atom stereocenters. The Morgan fingerprint density at radius 3 is 2.79 bits per heavy atom. The van der Waals surface area contributed by atoms with Gasteiger partial charge in [-0.05, 0) is 18.6 Å². The molecule has 1 fully saturated rings. The van der Waals surface area contributed by atoms with Crippen LogP contribution in [0.1, 0.15) is 32.6 Å². The summed E-state index contributed by atoms with van der Waals surface area (Å²) < 4.78 is 5.24. The lowest BCUT2D eigenvalue weighted by molar-refractivity contribution is -0.146. The average Bonchev–Trinajstić information content (AvgIpc) is 2.79. The van der Waals surface area contributed by atoms with E-state index in [1.807, 2.05) is 18.2 Å². The highest BCUT2D eigenvalue weighted by Gasteiger charge is 2.39. The Labute approximate surface area is 113 Å². The van der Waals surface area contributed by atoms with E-state index in [9.17, 15) is 9.59 Å². The molecule has 1 amide bonds. The molecule has 2 rings (SSSR count). The Balaban J connectivity index is 1.91. The average molecular weight is 261 g/mol. The zero-order valence-corrected chi connectivity index (χ0v) is 11.1. The summed E-state index contributed by atoms with van der Waals surface area (Å²) in [5.74, 6) is -1.33. The number of ether oxygens (including phenoxy) is 1. The Bertz CT molecular complexity index is 444. The molecular formula is C15H19NO3. The molecule has 102 valence electrons. The Morgan fingerprint density at radius 2 is 2.11 bits per heavy atom. The van der Waals surface area contributed by atoms with Gasteiger partial charge in [0, 0.05) is 12.1 Å². The number of esters is 1. The minimum absolute atomic E-state index is 0.0982. The number of unbranched alkanes of at least 4 members (excludes halogenated alkanes) is 1. The number of cyclic esters (lactones) is 1. The fraction of sp³-hybridized carbons (Fsp3) is 0.467. The number of hydrogen-bond donors (Lipinski definition) is 1. The molecule has 1 aromatic rings. The second kappa shape index (κ2) is 6.36. The van der Waals surface area contributed by atoms with Crippen molar-refractivity contribution in [2.75, 3.05) is 5.32 Å². The maximum Gasteiger partial charge on any atom is 0.318 e. The summed E-state index contributed by atoms with van der Waals surface area (Å²) in [6.45, 7) is 2.09. The van der Waals surface area contributed by atoms with E-state index in [0.717, 1.165) is 19.3 Å². The van der Waals surface area contributed by atoms with Gasteiger partial charge in [0.2, 0.25) is 5.91 Å². The van der Waals surface area contributed by atoms with Gasteiger partial charge in [0.1, 0.15) is 12.0 Å². The molecule has 1 aromatic carbocycles. The van der Waals surface area contributed by atoms with Gasteiger partial charge >= 0.3 is 5.97 Å². The second-order valence-electron chi connectivity index (χ2n) is 4.84. The maximum atomic E-state index is 12.0. The minimum Gasteiger partial charge on any atom is -0.462 e. The van der Waals surface area contributed by atoms with Crippen LogP contribution in [0, 0.1) is 5.92 Å². The highest BCUT2D eigenvalue weighted by atomic mass is 16.6. The lowest BCUT2D eigenvalue weighted by Crippen LogP contribution is -2.26. The van der Waals surface area contributed by atoms with Gasteiger partial charge in [-0.1, -0.05) is 38.0 Å². The van der Waals surface area contributed by atoms with E-state index in [4.69, 9.17) is 4.74 Å². The van der Waals surface area contributed by atoms with Crippen molar-refractivity contribution in [3.8, 4) is 0 Å². The van der Waals surface area contributed by atoms with Gasteiger partial charge in [0.15, 0.2) is 0 Å². The molecule has 0 spiro atoms. The van der Waals surface area contributed by atoms with Crippen LogP contribution < -0.4 is 5.32 Å². The van der Waals surface area contributed by atoms with Crippen LogP contribution in [-0.2, 0) is 14.3 Å². The van der Waals surface area contributed by atoms with Gasteiger partial charge in [-0.2, -0.15) is 0 Å². The van der Waals surface area contributed by atoms with Crippen LogP contribution >= 0.6 is 0 Å². The van der Waals surface area contributed by atoms with E-state index in [0.29, 0.717) is 12.1 Å². The largest absolute Gasteiger partial charge is 0.462 e. The molecule has 4 nitrogen and oxygen atoms in total. The molecule has 1 aliphatic heterocycles. The molecule has 0 aromatic heterocycles. The third-order valence-electron chi connectivity index (χ3n) is 3.30. The predicted octanol–water partition coefficient (Wildman–Crippen LogP) is 2.75. The quantitative estimate of drug-likeness (QED) is 0.655. The van der Waals surface area contributed by atoms with Gasteiger partial charge < -0.3 is 10.1 Å². The van der Waals surface area contributed by atoms with Crippen molar-refractivity contribution in [3.05, 3.63) is 30.3 Å². The zero-order valence-electron chi connectivity index (χ0n) is 11.1. The van der Waals surface area contributed by atoms with Crippen molar-refractivity contribution < 1.29 is 14.3 Å². The van der Waals surface area contributed by atoms with E-state index >= 15 is 0 Å². The minimum atomic E-state index is -0.665. The van der Waals surface area contributed by atoms with E-state index in [1.165, 1.54) is 0 Å². The first-order chi connectivity index (χ1) is 9.20. The van der Waals surface area contributed by atoms with E-state index < -0.39 is 11.9 Å². The predicted molar refractivity (Wildman–Crippen MR) is 72.6 cm³/mol. The highest BCUT2D eigenvalue weighted by molar-refractivity contribution is 6.05. The second-order valence-corrected chi connectivity index (χ2v) is 4.84. The fourth-order valence-electron chi connectivity index (χ4n) is 2.23. The highest BCUT2D eigenvalue weighted by Crippen LogP contribution is 2.26. The molecule has 0 aliphatic carbocycles. The SMILES string of the molecule is CCCCC1CC(C(=O)Nc2ccccc2)C(=O)O1. The summed E-state index contributed by atoms with van der Waals surface area (Å²) in [5, 5.41) is 2.75. The van der Waals surface area contributed by atoms with E-state index in [1.54, 1.807) is 12.1 Å². The first-order valence-corrected chi connectivity index (χ1v) is 6.77. The molecule has 0 saturated carbocycles. The number of anilines is 1. The first kappa shape index (κ1) is 13.6. The molecule has 19 heavy (non-hydrogen) atoms. The number of rotatable bonds is 5. The molecule has 1 aliphatic rings. The molecule has 4 heteroatoms. The van der Waals surface area contributed by atoms with Crippen molar-refractivity contribution in [2.45, 2.75) is 38.7 Å². The first-order valence-electron chi connectivity index (χ1n) is 6.77. The smallest absolute Gasteiger partial charge is 0.318 e. The lowest BCUT2D eigenvalue weighted by atomic mass is 10.0. The lowest BCUT2D eigenvalue weighted by Gasteiger charge is -2.08. The molecule has 1 saturated heterocycles. The third kappa shape index (κ3) is 3.56. The summed E-state index contributed by atoms with van der Waals surface area (Å²) in [5.41, 5.74) is 0.706. The topological polar surface area (TPSA) is 55.4 Å². The van der Waals surface area contributed by atoms with Crippen molar-refractivity contribution in [1.82, 2.24) is 0 Å². The van der Waals surface area contributed by atoms with Crippen molar-refractivity contribution in [2.24, 2.45) is 5.92 Å². The van der Waals surface area contributed by atoms with Gasteiger partial charge in [0.25, 0.3) is 0 Å². The molecule has 1 heterocycles. The number of para-hydroxylation sites is 1. The third-order valence-corrected chi connectivity index (χ3v) is 3.30. The molecule has 2 unspecified atom stereocenters. The molecule has 1 N–H and O–H groups in total. The standard InChI is InChI=1S/C15H19NO3/c1-2-3-9-12-10-13(15(18)19-12)14(17)16-11-7-5-4-6-8-11/h4-8,12-13H,2-3,9-10H2,1H3,(H,16,17).